The maximum atomic E-state index is 10.9. The van der Waals surface area contributed by atoms with Crippen molar-refractivity contribution >= 4 is 63.8 Å². The molecule has 0 radical (unpaired) electrons. The van der Waals surface area contributed by atoms with Gasteiger partial charge in [-0.05, 0) is 0 Å². The van der Waals surface area contributed by atoms with Crippen molar-refractivity contribution in [1.82, 2.24) is 8.55 Å². The Morgan fingerprint density at radius 3 is 2.86 bits per heavy atom. The monoisotopic (exact) mass is 393 g/mol. The van der Waals surface area contributed by atoms with Crippen molar-refractivity contribution in [2.24, 2.45) is 0 Å². The van der Waals surface area contributed by atoms with E-state index < -0.39 is 0 Å². The van der Waals surface area contributed by atoms with Gasteiger partial charge in [-0.15, -0.1) is 0 Å². The summed E-state index contributed by atoms with van der Waals surface area (Å²) >= 11 is 7.05. The fourth-order valence-corrected chi connectivity index (χ4v) is 6.09. The van der Waals surface area contributed by atoms with Crippen LogP contribution in [0.4, 0.5) is 5.69 Å². The van der Waals surface area contributed by atoms with Gasteiger partial charge < -0.3 is 0 Å². The topological polar surface area (TPSA) is 61.0 Å². The van der Waals surface area contributed by atoms with Crippen molar-refractivity contribution < 1.29 is 4.92 Å². The number of nitro benzene ring substituents is 1. The number of aromatic nitrogens is 2. The third kappa shape index (κ3) is 2.12. The predicted molar refractivity (Wildman–Crippen MR) is 90.9 cm³/mol. The molecule has 0 bridgehead atoms. The first-order chi connectivity index (χ1) is 10.6. The Hall–Kier alpha value is -1.86. The van der Waals surface area contributed by atoms with Crippen molar-refractivity contribution in [1.29, 1.82) is 0 Å². The van der Waals surface area contributed by atoms with Crippen LogP contribution in [-0.4, -0.2) is 28.2 Å². The molecular weight excluding hydrogens is 385 g/mol. The standard InChI is InChI=1S/C14H7N3O2S2Se/c18-17(19)8-5-6-10-11(7-8)21-14(15-10)16-13(20)9-3-1-2-4-12(9)22-16/h1-7H. The van der Waals surface area contributed by atoms with Crippen molar-refractivity contribution in [3.63, 3.8) is 0 Å². The van der Waals surface area contributed by atoms with E-state index in [1.165, 1.54) is 21.7 Å². The normalized spacial score (nSPS) is 11.3. The molecule has 2 aromatic carbocycles. The Morgan fingerprint density at radius 1 is 1.27 bits per heavy atom. The minimum atomic E-state index is -0.390. The van der Waals surface area contributed by atoms with Gasteiger partial charge in [0.25, 0.3) is 0 Å². The zero-order valence-electron chi connectivity index (χ0n) is 10.9. The Balaban J connectivity index is 1.94. The van der Waals surface area contributed by atoms with Crippen molar-refractivity contribution in [3.8, 4) is 5.13 Å². The van der Waals surface area contributed by atoms with E-state index >= 15 is 0 Å². The molecule has 108 valence electrons. The summed E-state index contributed by atoms with van der Waals surface area (Å²) in [5.41, 5.74) is 0.848. The molecule has 22 heavy (non-hydrogen) atoms. The van der Waals surface area contributed by atoms with Crippen molar-refractivity contribution in [2.75, 3.05) is 0 Å². The van der Waals surface area contributed by atoms with Crippen LogP contribution in [0, 0.1) is 14.8 Å². The fourth-order valence-electron chi connectivity index (χ4n) is 2.20. The Bertz CT molecular complexity index is 1100. The molecule has 0 N–H and O–H groups in total. The minimum absolute atomic E-state index is 0.0630. The van der Waals surface area contributed by atoms with E-state index in [0.29, 0.717) is 0 Å². The van der Waals surface area contributed by atoms with E-state index in [0.717, 1.165) is 25.4 Å². The number of hydrogen-bond acceptors (Lipinski definition) is 5. The zero-order valence-corrected chi connectivity index (χ0v) is 14.3. The number of nitrogens with zero attached hydrogens (tertiary/aromatic N) is 3. The van der Waals surface area contributed by atoms with Crippen LogP contribution in [0.3, 0.4) is 0 Å². The van der Waals surface area contributed by atoms with Gasteiger partial charge in [0.15, 0.2) is 0 Å². The molecule has 0 spiro atoms. The van der Waals surface area contributed by atoms with Gasteiger partial charge in [0.2, 0.25) is 0 Å². The Morgan fingerprint density at radius 2 is 2.09 bits per heavy atom. The van der Waals surface area contributed by atoms with E-state index in [1.807, 2.05) is 21.8 Å². The van der Waals surface area contributed by atoms with Gasteiger partial charge in [0.1, 0.15) is 0 Å². The molecule has 0 aliphatic heterocycles. The van der Waals surface area contributed by atoms with Gasteiger partial charge in [-0.3, -0.25) is 0 Å². The summed E-state index contributed by atoms with van der Waals surface area (Å²) in [6.45, 7) is 0. The van der Waals surface area contributed by atoms with Crippen LogP contribution in [0.15, 0.2) is 42.5 Å². The van der Waals surface area contributed by atoms with E-state index in [4.69, 9.17) is 12.2 Å². The van der Waals surface area contributed by atoms with Crippen LogP contribution in [-0.2, 0) is 0 Å². The van der Waals surface area contributed by atoms with Crippen LogP contribution in [0.25, 0.3) is 25.0 Å². The Kier molecular flexibility index (Phi) is 3.19. The van der Waals surface area contributed by atoms with Crippen molar-refractivity contribution in [3.05, 3.63) is 57.2 Å². The van der Waals surface area contributed by atoms with E-state index in [2.05, 4.69) is 11.1 Å². The van der Waals surface area contributed by atoms with Crippen LogP contribution >= 0.6 is 23.6 Å². The molecule has 0 unspecified atom stereocenters. The van der Waals surface area contributed by atoms with E-state index in [-0.39, 0.29) is 25.3 Å². The summed E-state index contributed by atoms with van der Waals surface area (Å²) in [6, 6.07) is 12.8. The number of benzene rings is 2. The first-order valence-electron chi connectivity index (χ1n) is 6.30. The third-order valence-electron chi connectivity index (χ3n) is 3.24. The molecule has 0 aliphatic rings. The van der Waals surface area contributed by atoms with Crippen LogP contribution < -0.4 is 0 Å². The first-order valence-corrected chi connectivity index (χ1v) is 9.15. The number of fused-ring (bicyclic) bond motifs is 2. The summed E-state index contributed by atoms with van der Waals surface area (Å²) in [5, 5.41) is 12.8. The molecule has 0 fully saturated rings. The van der Waals surface area contributed by atoms with Crippen LogP contribution in [0.1, 0.15) is 0 Å². The van der Waals surface area contributed by atoms with Gasteiger partial charge in [-0.2, -0.15) is 0 Å². The van der Waals surface area contributed by atoms with Crippen LogP contribution in [0.2, 0.25) is 0 Å². The second kappa shape index (κ2) is 5.10. The first kappa shape index (κ1) is 13.8. The predicted octanol–water partition coefficient (Wildman–Crippen LogP) is 3.93. The molecule has 0 aliphatic carbocycles. The quantitative estimate of drug-likeness (QED) is 0.224. The summed E-state index contributed by atoms with van der Waals surface area (Å²) in [7, 11) is 0. The molecule has 4 aromatic rings. The molecule has 0 saturated heterocycles. The van der Waals surface area contributed by atoms with E-state index in [1.54, 1.807) is 12.1 Å². The van der Waals surface area contributed by atoms with Crippen molar-refractivity contribution in [2.45, 2.75) is 0 Å². The van der Waals surface area contributed by atoms with E-state index in [9.17, 15) is 10.1 Å². The third-order valence-corrected chi connectivity index (χ3v) is 7.45. The second-order valence-electron chi connectivity index (χ2n) is 4.59. The number of rotatable bonds is 2. The molecule has 2 heterocycles. The molecule has 0 saturated carbocycles. The number of nitro groups is 1. The molecule has 5 nitrogen and oxygen atoms in total. The molecule has 2 aromatic heterocycles. The molecule has 4 rings (SSSR count). The average Bonchev–Trinajstić information content (AvgIpc) is 3.08. The van der Waals surface area contributed by atoms with Crippen LogP contribution in [0.5, 0.6) is 0 Å². The average molecular weight is 392 g/mol. The number of non-ortho nitro benzene ring substituents is 1. The maximum absolute atomic E-state index is 10.9. The van der Waals surface area contributed by atoms with Gasteiger partial charge in [-0.1, -0.05) is 0 Å². The number of hydrogen-bond donors (Lipinski definition) is 0. The van der Waals surface area contributed by atoms with Gasteiger partial charge in [0.05, 0.1) is 0 Å². The van der Waals surface area contributed by atoms with Gasteiger partial charge in [-0.25, -0.2) is 0 Å². The van der Waals surface area contributed by atoms with Gasteiger partial charge >= 0.3 is 140 Å². The second-order valence-corrected chi connectivity index (χ2v) is 8.06. The fraction of sp³-hybridized carbons (Fsp3) is 0. The summed E-state index contributed by atoms with van der Waals surface area (Å²) in [6.07, 6.45) is 0. The SMILES string of the molecule is O=[N+]([O-])c1ccc2nc(-n3[se]c4ccccc4c3=S)sc2c1. The molecule has 8 heteroatoms. The van der Waals surface area contributed by atoms with Gasteiger partial charge in [0, 0.05) is 0 Å². The molecular formula is C14H7N3O2S2Se. The number of thiazole rings is 1. The summed E-state index contributed by atoms with van der Waals surface area (Å²) in [4.78, 5) is 15.1. The Labute approximate surface area is 139 Å². The molecule has 0 atom stereocenters. The zero-order chi connectivity index (χ0) is 15.3. The summed E-state index contributed by atoms with van der Waals surface area (Å²) < 4.78 is 4.87. The molecule has 0 amide bonds. The summed E-state index contributed by atoms with van der Waals surface area (Å²) in [5.74, 6) is 0.